The summed E-state index contributed by atoms with van der Waals surface area (Å²) in [5.41, 5.74) is 6.41. The molecule has 1 atom stereocenters. The Morgan fingerprint density at radius 1 is 1.11 bits per heavy atom. The summed E-state index contributed by atoms with van der Waals surface area (Å²) in [7, 11) is 0. The summed E-state index contributed by atoms with van der Waals surface area (Å²) in [6.07, 6.45) is 0.358. The van der Waals surface area contributed by atoms with E-state index in [0.29, 0.717) is 31.9 Å². The first-order valence-corrected chi connectivity index (χ1v) is 9.23. The summed E-state index contributed by atoms with van der Waals surface area (Å²) < 4.78 is 5.75. The number of carbonyl (C=O) groups is 3. The molecule has 2 rings (SSSR count). The number of rotatable bonds is 7. The summed E-state index contributed by atoms with van der Waals surface area (Å²) in [6.45, 7) is 5.35. The fourth-order valence-corrected chi connectivity index (χ4v) is 2.85. The Morgan fingerprint density at radius 2 is 1.68 bits per heavy atom. The van der Waals surface area contributed by atoms with Crippen LogP contribution >= 0.6 is 12.4 Å². The molecule has 0 aromatic heterocycles. The number of nitrogens with zero attached hydrogens (tertiary/aromatic N) is 2. The summed E-state index contributed by atoms with van der Waals surface area (Å²) >= 11 is 0. The lowest BCUT2D eigenvalue weighted by atomic mass is 10.2. The molecule has 1 aliphatic rings. The van der Waals surface area contributed by atoms with Crippen LogP contribution in [-0.4, -0.2) is 72.9 Å². The molecule has 9 heteroatoms. The number of piperazine rings is 1. The number of nitrogens with one attached hydrogen (secondary N) is 1. The molecule has 1 heterocycles. The van der Waals surface area contributed by atoms with Gasteiger partial charge in [-0.15, -0.1) is 12.4 Å². The highest BCUT2D eigenvalue weighted by Crippen LogP contribution is 2.15. The molecule has 0 spiro atoms. The fraction of sp³-hybridized carbons (Fsp3) is 0.526. The van der Waals surface area contributed by atoms with Gasteiger partial charge in [-0.3, -0.25) is 14.4 Å². The highest BCUT2D eigenvalue weighted by atomic mass is 35.5. The molecular weight excluding hydrogens is 384 g/mol. The summed E-state index contributed by atoms with van der Waals surface area (Å²) in [5.74, 6) is 0.0231. The van der Waals surface area contributed by atoms with Crippen molar-refractivity contribution in [2.24, 2.45) is 5.73 Å². The zero-order valence-corrected chi connectivity index (χ0v) is 17.2. The van der Waals surface area contributed by atoms with Gasteiger partial charge in [-0.1, -0.05) is 19.1 Å². The van der Waals surface area contributed by atoms with Gasteiger partial charge in [-0.25, -0.2) is 0 Å². The monoisotopic (exact) mass is 412 g/mol. The van der Waals surface area contributed by atoms with Crippen molar-refractivity contribution in [3.05, 3.63) is 29.8 Å². The first-order chi connectivity index (χ1) is 12.9. The molecule has 1 unspecified atom stereocenters. The standard InChI is InChI=1S/C19H28N4O4.ClH/c1-3-15-4-6-16(7-5-15)27-14(2)19(26)23-10-8-22(9-11-23)18(25)13-21-17(24)12-20;/h4-7,14H,3,8-13,20H2,1-2H3,(H,21,24);1H. The van der Waals surface area contributed by atoms with E-state index in [1.807, 2.05) is 24.3 Å². The summed E-state index contributed by atoms with van der Waals surface area (Å²) in [4.78, 5) is 39.1. The molecule has 28 heavy (non-hydrogen) atoms. The largest absolute Gasteiger partial charge is 0.481 e. The minimum atomic E-state index is -0.594. The second-order valence-corrected chi connectivity index (χ2v) is 6.44. The Labute approximate surface area is 171 Å². The van der Waals surface area contributed by atoms with E-state index >= 15 is 0 Å². The van der Waals surface area contributed by atoms with Crippen LogP contribution in [0.2, 0.25) is 0 Å². The van der Waals surface area contributed by atoms with E-state index in [-0.39, 0.29) is 43.2 Å². The molecule has 1 fully saturated rings. The first kappa shape index (κ1) is 23.7. The van der Waals surface area contributed by atoms with Crippen LogP contribution < -0.4 is 15.8 Å². The van der Waals surface area contributed by atoms with Gasteiger partial charge in [0.2, 0.25) is 11.8 Å². The Hall–Kier alpha value is -2.32. The molecule has 3 amide bonds. The first-order valence-electron chi connectivity index (χ1n) is 9.23. The maximum Gasteiger partial charge on any atom is 0.263 e. The number of nitrogens with two attached hydrogens (primary N) is 1. The molecule has 8 nitrogen and oxygen atoms in total. The van der Waals surface area contributed by atoms with Gasteiger partial charge in [0.25, 0.3) is 5.91 Å². The number of ether oxygens (including phenoxy) is 1. The second-order valence-electron chi connectivity index (χ2n) is 6.44. The van der Waals surface area contributed by atoms with Crippen molar-refractivity contribution >= 4 is 30.1 Å². The van der Waals surface area contributed by atoms with Crippen LogP contribution in [0.4, 0.5) is 0 Å². The Morgan fingerprint density at radius 3 is 2.21 bits per heavy atom. The molecule has 0 bridgehead atoms. The van der Waals surface area contributed by atoms with Gasteiger partial charge < -0.3 is 25.6 Å². The Kier molecular flexibility index (Phi) is 9.75. The SMILES string of the molecule is CCc1ccc(OC(C)C(=O)N2CCN(C(=O)CNC(=O)CN)CC2)cc1.Cl. The van der Waals surface area contributed by atoms with Crippen molar-refractivity contribution in [3.63, 3.8) is 0 Å². The number of halogens is 1. The smallest absolute Gasteiger partial charge is 0.263 e. The summed E-state index contributed by atoms with van der Waals surface area (Å²) in [6, 6.07) is 7.71. The third kappa shape index (κ3) is 6.69. The Bertz CT molecular complexity index is 660. The minimum absolute atomic E-state index is 0. The number of hydrogen-bond donors (Lipinski definition) is 2. The van der Waals surface area contributed by atoms with E-state index in [1.54, 1.807) is 16.7 Å². The van der Waals surface area contributed by atoms with Crippen LogP contribution in [0, 0.1) is 0 Å². The topological polar surface area (TPSA) is 105 Å². The van der Waals surface area contributed by atoms with Crippen LogP contribution in [-0.2, 0) is 20.8 Å². The van der Waals surface area contributed by atoms with E-state index in [9.17, 15) is 14.4 Å². The number of benzene rings is 1. The Balaban J connectivity index is 0.00000392. The molecule has 0 saturated carbocycles. The van der Waals surface area contributed by atoms with Gasteiger partial charge in [-0.2, -0.15) is 0 Å². The number of amides is 3. The lowest BCUT2D eigenvalue weighted by Gasteiger charge is -2.36. The van der Waals surface area contributed by atoms with E-state index in [0.717, 1.165) is 6.42 Å². The predicted molar refractivity (Wildman–Crippen MR) is 108 cm³/mol. The normalized spacial score (nSPS) is 14.7. The van der Waals surface area contributed by atoms with Gasteiger partial charge in [0.1, 0.15) is 5.75 Å². The fourth-order valence-electron chi connectivity index (χ4n) is 2.85. The van der Waals surface area contributed by atoms with Crippen molar-refractivity contribution in [1.82, 2.24) is 15.1 Å². The molecule has 0 radical (unpaired) electrons. The lowest BCUT2D eigenvalue weighted by molar-refractivity contribution is -0.143. The molecular formula is C19H29ClN4O4. The van der Waals surface area contributed by atoms with E-state index in [1.165, 1.54) is 5.56 Å². The number of aryl methyl sites for hydroxylation is 1. The lowest BCUT2D eigenvalue weighted by Crippen LogP contribution is -2.54. The molecule has 1 aromatic carbocycles. The van der Waals surface area contributed by atoms with E-state index in [2.05, 4.69) is 12.2 Å². The zero-order valence-electron chi connectivity index (χ0n) is 16.3. The average Bonchev–Trinajstić information content (AvgIpc) is 2.71. The van der Waals surface area contributed by atoms with Gasteiger partial charge in [0.15, 0.2) is 6.10 Å². The van der Waals surface area contributed by atoms with Crippen LogP contribution in [0.15, 0.2) is 24.3 Å². The molecule has 3 N–H and O–H groups in total. The minimum Gasteiger partial charge on any atom is -0.481 e. The maximum atomic E-state index is 12.6. The molecule has 1 aliphatic heterocycles. The molecule has 0 aliphatic carbocycles. The molecule has 156 valence electrons. The predicted octanol–water partition coefficient (Wildman–Crippen LogP) is 0.184. The van der Waals surface area contributed by atoms with Gasteiger partial charge in [0.05, 0.1) is 13.1 Å². The highest BCUT2D eigenvalue weighted by molar-refractivity contribution is 5.86. The highest BCUT2D eigenvalue weighted by Gasteiger charge is 2.27. The quantitative estimate of drug-likeness (QED) is 0.664. The van der Waals surface area contributed by atoms with Crippen molar-refractivity contribution in [1.29, 1.82) is 0 Å². The van der Waals surface area contributed by atoms with E-state index < -0.39 is 6.10 Å². The van der Waals surface area contributed by atoms with E-state index in [4.69, 9.17) is 10.5 Å². The number of hydrogen-bond acceptors (Lipinski definition) is 5. The van der Waals surface area contributed by atoms with Crippen molar-refractivity contribution in [3.8, 4) is 5.75 Å². The van der Waals surface area contributed by atoms with Gasteiger partial charge in [0, 0.05) is 26.2 Å². The van der Waals surface area contributed by atoms with Crippen molar-refractivity contribution in [2.75, 3.05) is 39.3 Å². The van der Waals surface area contributed by atoms with Gasteiger partial charge >= 0.3 is 0 Å². The number of carbonyl (C=O) groups excluding carboxylic acids is 3. The van der Waals surface area contributed by atoms with Crippen molar-refractivity contribution in [2.45, 2.75) is 26.4 Å². The zero-order chi connectivity index (χ0) is 19.8. The third-order valence-electron chi connectivity index (χ3n) is 4.56. The van der Waals surface area contributed by atoms with Crippen LogP contribution in [0.5, 0.6) is 5.75 Å². The molecule has 1 saturated heterocycles. The second kappa shape index (κ2) is 11.5. The maximum absolute atomic E-state index is 12.6. The van der Waals surface area contributed by atoms with Crippen LogP contribution in [0.25, 0.3) is 0 Å². The van der Waals surface area contributed by atoms with Crippen LogP contribution in [0.1, 0.15) is 19.4 Å². The average molecular weight is 413 g/mol. The summed E-state index contributed by atoms with van der Waals surface area (Å²) in [5, 5.41) is 2.46. The van der Waals surface area contributed by atoms with Crippen LogP contribution in [0.3, 0.4) is 0 Å². The van der Waals surface area contributed by atoms with Crippen molar-refractivity contribution < 1.29 is 19.1 Å². The molecule has 1 aromatic rings. The third-order valence-corrected chi connectivity index (χ3v) is 4.56. The van der Waals surface area contributed by atoms with Gasteiger partial charge in [-0.05, 0) is 31.0 Å².